The Hall–Kier alpha value is -1.72. The summed E-state index contributed by atoms with van der Waals surface area (Å²) in [7, 11) is 0. The summed E-state index contributed by atoms with van der Waals surface area (Å²) >= 11 is 0. The highest BCUT2D eigenvalue weighted by molar-refractivity contribution is 5.88. The highest BCUT2D eigenvalue weighted by atomic mass is 16.3. The number of aromatic nitrogens is 2. The van der Waals surface area contributed by atoms with Gasteiger partial charge >= 0.3 is 0 Å². The molecule has 1 atom stereocenters. The summed E-state index contributed by atoms with van der Waals surface area (Å²) in [5.41, 5.74) is 0.846. The molecule has 3 N–H and O–H groups in total. The van der Waals surface area contributed by atoms with Crippen LogP contribution < -0.4 is 5.32 Å². The number of nitrogens with zero attached hydrogens (tertiary/aromatic N) is 2. The summed E-state index contributed by atoms with van der Waals surface area (Å²) in [6.07, 6.45) is 0.685. The standard InChI is InChI=1S/C11H13N3O2/c15-6-8(16)5-12-11-9-3-1-2-4-10(9)13-7-14-11/h1-4,7-8,15-16H,5-6H2,(H,12,13,14)/t8-/m1/s1. The van der Waals surface area contributed by atoms with Crippen LogP contribution in [0.4, 0.5) is 5.82 Å². The van der Waals surface area contributed by atoms with Crippen LogP contribution in [-0.2, 0) is 0 Å². The third kappa shape index (κ3) is 2.26. The van der Waals surface area contributed by atoms with Crippen LogP contribution in [0.15, 0.2) is 30.6 Å². The van der Waals surface area contributed by atoms with Gasteiger partial charge in [0.1, 0.15) is 12.1 Å². The van der Waals surface area contributed by atoms with Crippen molar-refractivity contribution in [1.82, 2.24) is 9.97 Å². The van der Waals surface area contributed by atoms with E-state index in [-0.39, 0.29) is 13.2 Å². The molecule has 2 rings (SSSR count). The number of rotatable bonds is 4. The first-order chi connectivity index (χ1) is 7.81. The van der Waals surface area contributed by atoms with E-state index >= 15 is 0 Å². The lowest BCUT2D eigenvalue weighted by atomic mass is 10.2. The molecule has 0 spiro atoms. The van der Waals surface area contributed by atoms with E-state index in [1.165, 1.54) is 6.33 Å². The Balaban J connectivity index is 2.23. The molecule has 16 heavy (non-hydrogen) atoms. The second kappa shape index (κ2) is 4.87. The first-order valence-electron chi connectivity index (χ1n) is 5.04. The van der Waals surface area contributed by atoms with Crippen molar-refractivity contribution in [3.63, 3.8) is 0 Å². The van der Waals surface area contributed by atoms with Crippen molar-refractivity contribution >= 4 is 16.7 Å². The van der Waals surface area contributed by atoms with Crippen LogP contribution in [0.1, 0.15) is 0 Å². The van der Waals surface area contributed by atoms with Crippen LogP contribution in [0.3, 0.4) is 0 Å². The number of para-hydroxylation sites is 1. The van der Waals surface area contributed by atoms with Gasteiger partial charge in [0, 0.05) is 11.9 Å². The first-order valence-corrected chi connectivity index (χ1v) is 5.04. The van der Waals surface area contributed by atoms with Gasteiger partial charge in [-0.15, -0.1) is 0 Å². The Morgan fingerprint density at radius 2 is 2.06 bits per heavy atom. The number of hydrogen-bond donors (Lipinski definition) is 3. The summed E-state index contributed by atoms with van der Waals surface area (Å²) in [6, 6.07) is 7.61. The number of nitrogens with one attached hydrogen (secondary N) is 1. The number of aliphatic hydroxyl groups is 2. The Labute approximate surface area is 92.8 Å². The van der Waals surface area contributed by atoms with Gasteiger partial charge in [-0.05, 0) is 12.1 Å². The van der Waals surface area contributed by atoms with E-state index in [4.69, 9.17) is 5.11 Å². The molecule has 5 nitrogen and oxygen atoms in total. The Morgan fingerprint density at radius 1 is 1.25 bits per heavy atom. The van der Waals surface area contributed by atoms with E-state index in [0.717, 1.165) is 10.9 Å². The van der Waals surface area contributed by atoms with E-state index in [0.29, 0.717) is 5.82 Å². The number of benzene rings is 1. The van der Waals surface area contributed by atoms with Gasteiger partial charge in [-0.1, -0.05) is 12.1 Å². The Kier molecular flexibility index (Phi) is 3.28. The lowest BCUT2D eigenvalue weighted by Crippen LogP contribution is -2.23. The summed E-state index contributed by atoms with van der Waals surface area (Å²) in [4.78, 5) is 8.22. The highest BCUT2D eigenvalue weighted by Crippen LogP contribution is 2.17. The van der Waals surface area contributed by atoms with Crippen molar-refractivity contribution in [3.05, 3.63) is 30.6 Å². The number of anilines is 1. The zero-order valence-electron chi connectivity index (χ0n) is 8.67. The largest absolute Gasteiger partial charge is 0.394 e. The van der Waals surface area contributed by atoms with E-state index in [1.54, 1.807) is 0 Å². The molecule has 1 aromatic heterocycles. The number of aliphatic hydroxyl groups excluding tert-OH is 2. The van der Waals surface area contributed by atoms with Gasteiger partial charge in [0.15, 0.2) is 0 Å². The molecule has 0 saturated heterocycles. The fraction of sp³-hybridized carbons (Fsp3) is 0.273. The van der Waals surface area contributed by atoms with E-state index in [1.807, 2.05) is 24.3 Å². The molecular weight excluding hydrogens is 206 g/mol. The first kappa shape index (κ1) is 10.8. The molecule has 0 amide bonds. The van der Waals surface area contributed by atoms with Crippen molar-refractivity contribution in [2.24, 2.45) is 0 Å². The molecule has 5 heteroatoms. The third-order valence-electron chi connectivity index (χ3n) is 2.26. The van der Waals surface area contributed by atoms with Crippen molar-refractivity contribution in [1.29, 1.82) is 0 Å². The topological polar surface area (TPSA) is 78.3 Å². The molecule has 0 fully saturated rings. The van der Waals surface area contributed by atoms with E-state index < -0.39 is 6.10 Å². The maximum absolute atomic E-state index is 9.24. The molecule has 1 aromatic carbocycles. The maximum atomic E-state index is 9.24. The van der Waals surface area contributed by atoms with Gasteiger partial charge in [-0.2, -0.15) is 0 Å². The van der Waals surface area contributed by atoms with Crippen LogP contribution in [0.25, 0.3) is 10.9 Å². The average Bonchev–Trinajstić information content (AvgIpc) is 2.35. The van der Waals surface area contributed by atoms with Crippen molar-refractivity contribution in [3.8, 4) is 0 Å². The molecule has 0 bridgehead atoms. The molecular formula is C11H13N3O2. The average molecular weight is 219 g/mol. The smallest absolute Gasteiger partial charge is 0.137 e. The van der Waals surface area contributed by atoms with Crippen molar-refractivity contribution in [2.45, 2.75) is 6.10 Å². The zero-order valence-corrected chi connectivity index (χ0v) is 8.67. The van der Waals surface area contributed by atoms with Gasteiger partial charge in [-0.3, -0.25) is 0 Å². The highest BCUT2D eigenvalue weighted by Gasteiger charge is 2.05. The fourth-order valence-corrected chi connectivity index (χ4v) is 1.42. The van der Waals surface area contributed by atoms with Gasteiger partial charge in [0.2, 0.25) is 0 Å². The molecule has 0 saturated carbocycles. The van der Waals surface area contributed by atoms with Crippen molar-refractivity contribution < 1.29 is 10.2 Å². The summed E-state index contributed by atoms with van der Waals surface area (Å²) < 4.78 is 0. The number of hydrogen-bond acceptors (Lipinski definition) is 5. The fourth-order valence-electron chi connectivity index (χ4n) is 1.42. The summed E-state index contributed by atoms with van der Waals surface area (Å²) in [5, 5.41) is 21.8. The molecule has 0 aliphatic carbocycles. The predicted octanol–water partition coefficient (Wildman–Crippen LogP) is 0.395. The summed E-state index contributed by atoms with van der Waals surface area (Å²) in [6.45, 7) is -0.00642. The molecule has 0 aliphatic heterocycles. The second-order valence-corrected chi connectivity index (χ2v) is 3.46. The molecule has 0 radical (unpaired) electrons. The van der Waals surface area contributed by atoms with Crippen LogP contribution in [-0.4, -0.2) is 39.4 Å². The molecule has 2 aromatic rings. The quantitative estimate of drug-likeness (QED) is 0.693. The molecule has 84 valence electrons. The minimum Gasteiger partial charge on any atom is -0.394 e. The van der Waals surface area contributed by atoms with Crippen LogP contribution in [0, 0.1) is 0 Å². The van der Waals surface area contributed by atoms with Crippen LogP contribution in [0.2, 0.25) is 0 Å². The minimum atomic E-state index is -0.784. The Morgan fingerprint density at radius 3 is 2.88 bits per heavy atom. The zero-order chi connectivity index (χ0) is 11.4. The Bertz CT molecular complexity index is 470. The van der Waals surface area contributed by atoms with E-state index in [9.17, 15) is 5.11 Å². The SMILES string of the molecule is OC[C@H](O)CNc1ncnc2ccccc12. The second-order valence-electron chi connectivity index (χ2n) is 3.46. The molecule has 1 heterocycles. The normalized spacial score (nSPS) is 12.6. The lowest BCUT2D eigenvalue weighted by molar-refractivity contribution is 0.105. The molecule has 0 aliphatic rings. The van der Waals surface area contributed by atoms with Gasteiger partial charge < -0.3 is 15.5 Å². The minimum absolute atomic E-state index is 0.261. The van der Waals surface area contributed by atoms with Crippen molar-refractivity contribution in [2.75, 3.05) is 18.5 Å². The molecule has 0 unspecified atom stereocenters. The van der Waals surface area contributed by atoms with Gasteiger partial charge in [-0.25, -0.2) is 9.97 Å². The lowest BCUT2D eigenvalue weighted by Gasteiger charge is -2.10. The predicted molar refractivity (Wildman–Crippen MR) is 61.1 cm³/mol. The number of fused-ring (bicyclic) bond motifs is 1. The van der Waals surface area contributed by atoms with Crippen LogP contribution >= 0.6 is 0 Å². The van der Waals surface area contributed by atoms with Gasteiger partial charge in [0.25, 0.3) is 0 Å². The van der Waals surface area contributed by atoms with Crippen LogP contribution in [0.5, 0.6) is 0 Å². The van der Waals surface area contributed by atoms with E-state index in [2.05, 4.69) is 15.3 Å². The monoisotopic (exact) mass is 219 g/mol. The maximum Gasteiger partial charge on any atom is 0.137 e. The third-order valence-corrected chi connectivity index (χ3v) is 2.26. The van der Waals surface area contributed by atoms with Gasteiger partial charge in [0.05, 0.1) is 18.2 Å². The summed E-state index contributed by atoms with van der Waals surface area (Å²) in [5.74, 6) is 0.665.